The molecule has 2 rings (SSSR count). The van der Waals surface area contributed by atoms with Gasteiger partial charge in [0.15, 0.2) is 6.10 Å². The number of hydrogen-bond donors (Lipinski definition) is 2. The lowest BCUT2D eigenvalue weighted by Gasteiger charge is -2.12. The normalized spacial score (nSPS) is 18.6. The van der Waals surface area contributed by atoms with Crippen LogP contribution in [0.5, 0.6) is 5.75 Å². The molecule has 0 bridgehead atoms. The quantitative estimate of drug-likeness (QED) is 0.848. The van der Waals surface area contributed by atoms with Gasteiger partial charge in [0.05, 0.1) is 6.10 Å². The Bertz CT molecular complexity index is 464. The van der Waals surface area contributed by atoms with E-state index in [-0.39, 0.29) is 11.7 Å². The van der Waals surface area contributed by atoms with E-state index in [0.717, 1.165) is 0 Å². The Morgan fingerprint density at radius 1 is 1.63 bits per heavy atom. The molecule has 0 radical (unpaired) electrons. The number of benzene rings is 1. The second-order valence-corrected chi connectivity index (χ2v) is 4.70. The number of aliphatic hydroxyl groups excluding tert-OH is 1. The first-order valence-corrected chi connectivity index (χ1v) is 6.51. The van der Waals surface area contributed by atoms with E-state index in [1.54, 1.807) is 6.07 Å². The monoisotopic (exact) mass is 267 g/mol. The van der Waals surface area contributed by atoms with E-state index in [2.05, 4.69) is 5.32 Å². The first-order valence-electron chi connectivity index (χ1n) is 6.51. The molecule has 2 atom stereocenters. The van der Waals surface area contributed by atoms with Crippen LogP contribution in [0.15, 0.2) is 18.2 Å². The van der Waals surface area contributed by atoms with E-state index in [9.17, 15) is 14.3 Å². The van der Waals surface area contributed by atoms with Crippen LogP contribution in [-0.2, 0) is 11.2 Å². The summed E-state index contributed by atoms with van der Waals surface area (Å²) in [7, 11) is 0. The minimum atomic E-state index is -0.601. The molecule has 0 aromatic heterocycles. The minimum Gasteiger partial charge on any atom is -0.480 e. The van der Waals surface area contributed by atoms with Crippen molar-refractivity contribution in [3.05, 3.63) is 29.6 Å². The molecule has 5 heteroatoms. The fourth-order valence-electron chi connectivity index (χ4n) is 2.04. The van der Waals surface area contributed by atoms with Gasteiger partial charge >= 0.3 is 0 Å². The highest BCUT2D eigenvalue weighted by atomic mass is 19.1. The maximum atomic E-state index is 13.0. The van der Waals surface area contributed by atoms with Gasteiger partial charge in [-0.2, -0.15) is 0 Å². The summed E-state index contributed by atoms with van der Waals surface area (Å²) < 4.78 is 18.5. The molecule has 1 aliphatic heterocycles. The molecule has 0 saturated carbocycles. The van der Waals surface area contributed by atoms with Gasteiger partial charge in [-0.05, 0) is 31.0 Å². The third-order valence-corrected chi connectivity index (χ3v) is 3.24. The second kappa shape index (κ2) is 6.02. The Morgan fingerprint density at radius 3 is 3.16 bits per heavy atom. The standard InChI is InChI=1S/C14H18FNO3/c1-2-11(17)5-6-16-14(18)13-8-9-7-10(15)3-4-12(9)19-13/h3-4,7,11,13,17H,2,5-6,8H2,1H3,(H,16,18). The number of halogens is 1. The Hall–Kier alpha value is -1.62. The molecule has 1 heterocycles. The van der Waals surface area contributed by atoms with Gasteiger partial charge in [-0.3, -0.25) is 4.79 Å². The molecule has 1 aromatic rings. The lowest BCUT2D eigenvalue weighted by atomic mass is 10.1. The summed E-state index contributed by atoms with van der Waals surface area (Å²) in [5.74, 6) is 0.0181. The van der Waals surface area contributed by atoms with E-state index in [1.807, 2.05) is 6.92 Å². The third kappa shape index (κ3) is 3.44. The van der Waals surface area contributed by atoms with Crippen molar-refractivity contribution in [2.24, 2.45) is 0 Å². The predicted octanol–water partition coefficient (Wildman–Crippen LogP) is 1.41. The average Bonchev–Trinajstić information content (AvgIpc) is 2.81. The summed E-state index contributed by atoms with van der Waals surface area (Å²) >= 11 is 0. The summed E-state index contributed by atoms with van der Waals surface area (Å²) in [5.41, 5.74) is 0.716. The molecule has 4 nitrogen and oxygen atoms in total. The highest BCUT2D eigenvalue weighted by molar-refractivity contribution is 5.82. The molecule has 104 valence electrons. The minimum absolute atomic E-state index is 0.222. The van der Waals surface area contributed by atoms with Crippen LogP contribution in [0.1, 0.15) is 25.3 Å². The van der Waals surface area contributed by atoms with Gasteiger partial charge < -0.3 is 15.2 Å². The van der Waals surface area contributed by atoms with Crippen molar-refractivity contribution in [1.82, 2.24) is 5.32 Å². The molecule has 0 saturated heterocycles. The Morgan fingerprint density at radius 2 is 2.42 bits per heavy atom. The van der Waals surface area contributed by atoms with E-state index >= 15 is 0 Å². The smallest absolute Gasteiger partial charge is 0.261 e. The fraction of sp³-hybridized carbons (Fsp3) is 0.500. The molecule has 0 fully saturated rings. The maximum Gasteiger partial charge on any atom is 0.261 e. The number of rotatable bonds is 5. The highest BCUT2D eigenvalue weighted by Gasteiger charge is 2.29. The van der Waals surface area contributed by atoms with Gasteiger partial charge in [0.1, 0.15) is 11.6 Å². The fourth-order valence-corrected chi connectivity index (χ4v) is 2.04. The second-order valence-electron chi connectivity index (χ2n) is 4.70. The van der Waals surface area contributed by atoms with Gasteiger partial charge in [0, 0.05) is 18.5 Å². The summed E-state index contributed by atoms with van der Waals surface area (Å²) in [6.07, 6.45) is 0.582. The first-order chi connectivity index (χ1) is 9.10. The van der Waals surface area contributed by atoms with Crippen LogP contribution in [0.25, 0.3) is 0 Å². The Labute approximate surface area is 111 Å². The lowest BCUT2D eigenvalue weighted by Crippen LogP contribution is -2.38. The summed E-state index contributed by atoms with van der Waals surface area (Å²) in [6, 6.07) is 4.25. The number of aliphatic hydroxyl groups is 1. The molecule has 1 amide bonds. The molecule has 0 spiro atoms. The highest BCUT2D eigenvalue weighted by Crippen LogP contribution is 2.29. The Balaban J connectivity index is 1.83. The topological polar surface area (TPSA) is 58.6 Å². The molecule has 2 N–H and O–H groups in total. The van der Waals surface area contributed by atoms with Crippen molar-refractivity contribution in [2.45, 2.75) is 38.4 Å². The predicted molar refractivity (Wildman–Crippen MR) is 68.4 cm³/mol. The van der Waals surface area contributed by atoms with E-state index in [1.165, 1.54) is 12.1 Å². The van der Waals surface area contributed by atoms with Crippen molar-refractivity contribution in [3.63, 3.8) is 0 Å². The number of ether oxygens (including phenoxy) is 1. The number of carbonyl (C=O) groups excluding carboxylic acids is 1. The summed E-state index contributed by atoms with van der Waals surface area (Å²) in [4.78, 5) is 11.9. The SMILES string of the molecule is CCC(O)CCNC(=O)C1Cc2cc(F)ccc2O1. The van der Waals surface area contributed by atoms with Crippen LogP contribution in [0.3, 0.4) is 0 Å². The zero-order valence-corrected chi connectivity index (χ0v) is 10.9. The first kappa shape index (κ1) is 13.8. The van der Waals surface area contributed by atoms with Crippen molar-refractivity contribution in [2.75, 3.05) is 6.54 Å². The van der Waals surface area contributed by atoms with Gasteiger partial charge in [-0.25, -0.2) is 4.39 Å². The Kier molecular flexibility index (Phi) is 4.37. The molecule has 1 aliphatic rings. The van der Waals surface area contributed by atoms with Crippen LogP contribution in [0.2, 0.25) is 0 Å². The molecular formula is C14H18FNO3. The van der Waals surface area contributed by atoms with Crippen molar-refractivity contribution in [1.29, 1.82) is 0 Å². The summed E-state index contributed by atoms with van der Waals surface area (Å²) in [5, 5.41) is 12.1. The van der Waals surface area contributed by atoms with E-state index in [4.69, 9.17) is 4.74 Å². The summed E-state index contributed by atoms with van der Waals surface area (Å²) in [6.45, 7) is 2.30. The molecular weight excluding hydrogens is 249 g/mol. The third-order valence-electron chi connectivity index (χ3n) is 3.24. The number of amides is 1. The molecule has 2 unspecified atom stereocenters. The van der Waals surface area contributed by atoms with Crippen LogP contribution in [0.4, 0.5) is 4.39 Å². The van der Waals surface area contributed by atoms with Crippen LogP contribution >= 0.6 is 0 Å². The number of carbonyl (C=O) groups is 1. The number of nitrogens with one attached hydrogen (secondary N) is 1. The van der Waals surface area contributed by atoms with Gasteiger partial charge in [0.25, 0.3) is 5.91 Å². The molecule has 1 aromatic carbocycles. The van der Waals surface area contributed by atoms with Gasteiger partial charge in [-0.15, -0.1) is 0 Å². The largest absolute Gasteiger partial charge is 0.480 e. The van der Waals surface area contributed by atoms with Gasteiger partial charge in [-0.1, -0.05) is 6.92 Å². The zero-order chi connectivity index (χ0) is 13.8. The van der Waals surface area contributed by atoms with Crippen LogP contribution in [0, 0.1) is 5.82 Å². The molecule has 19 heavy (non-hydrogen) atoms. The lowest BCUT2D eigenvalue weighted by molar-refractivity contribution is -0.127. The van der Waals surface area contributed by atoms with Crippen LogP contribution < -0.4 is 10.1 Å². The van der Waals surface area contributed by atoms with E-state index in [0.29, 0.717) is 37.1 Å². The van der Waals surface area contributed by atoms with Crippen molar-refractivity contribution < 1.29 is 19.0 Å². The zero-order valence-electron chi connectivity index (χ0n) is 10.9. The van der Waals surface area contributed by atoms with E-state index < -0.39 is 12.2 Å². The van der Waals surface area contributed by atoms with Crippen molar-refractivity contribution >= 4 is 5.91 Å². The van der Waals surface area contributed by atoms with Crippen LogP contribution in [-0.4, -0.2) is 29.8 Å². The average molecular weight is 267 g/mol. The number of fused-ring (bicyclic) bond motifs is 1. The van der Waals surface area contributed by atoms with Crippen molar-refractivity contribution in [3.8, 4) is 5.75 Å². The van der Waals surface area contributed by atoms with Gasteiger partial charge in [0.2, 0.25) is 0 Å². The number of hydrogen-bond acceptors (Lipinski definition) is 3. The molecule has 0 aliphatic carbocycles. The maximum absolute atomic E-state index is 13.0.